The molecule has 0 saturated heterocycles. The minimum atomic E-state index is -2.24. The summed E-state index contributed by atoms with van der Waals surface area (Å²) in [6.07, 6.45) is 4.66. The predicted octanol–water partition coefficient (Wildman–Crippen LogP) is 9.19. The summed E-state index contributed by atoms with van der Waals surface area (Å²) in [6, 6.07) is 20.4. The zero-order valence-electron chi connectivity index (χ0n) is 35.9. The monoisotopic (exact) mass is 886 g/mol. The number of ether oxygens (including phenoxy) is 1. The number of pyridine rings is 1. The number of hydrogen-bond acceptors (Lipinski definition) is 11. The Morgan fingerprint density at radius 3 is 2.34 bits per heavy atom. The van der Waals surface area contributed by atoms with E-state index in [9.17, 15) is 24.6 Å². The number of aromatic amines is 1. The van der Waals surface area contributed by atoms with Crippen molar-refractivity contribution in [3.05, 3.63) is 119 Å². The minimum Gasteiger partial charge on any atom is -0.506 e. The van der Waals surface area contributed by atoms with Gasteiger partial charge in [-0.3, -0.25) is 9.36 Å². The van der Waals surface area contributed by atoms with Gasteiger partial charge in [-0.1, -0.05) is 45.0 Å². The molecular formula is C46H58N4O8S2Si. The Kier molecular flexibility index (Phi) is 13.6. The van der Waals surface area contributed by atoms with Gasteiger partial charge < -0.3 is 39.0 Å². The molecular weight excluding hydrogens is 829 g/mol. The van der Waals surface area contributed by atoms with E-state index >= 15 is 0 Å². The van der Waals surface area contributed by atoms with Crippen molar-refractivity contribution in [3.63, 3.8) is 0 Å². The van der Waals surface area contributed by atoms with Gasteiger partial charge in [-0.2, -0.15) is 0 Å². The van der Waals surface area contributed by atoms with Crippen LogP contribution in [0.15, 0.2) is 91.5 Å². The highest BCUT2D eigenvalue weighted by atomic mass is 32.1. The van der Waals surface area contributed by atoms with Crippen LogP contribution in [0.3, 0.4) is 0 Å². The standard InChI is InChI=1S/C46H58N4O8S2Si/c1-45(2,3)61(5,6)58-38(33-18-21-36(51)42-34(33)19-22-41(52)48-42)29-47-28-30-13-20-35-37(27-30)56-44(55)50(35)24-8-7-23-49(4)31-14-16-32(17-15-31)57-46(43(53)54,39-11-9-25-59-39)40-12-10-26-60-40/h9-13,18-22,25-27,31-32,38,47,51H,7-8,14-17,23-24,28-29H2,1-6H3,(H,48,52)(H,53,54)/t31-,32-,38-/m0/s1. The number of phenolic OH excluding ortho intramolecular Hbond substituents is 1. The average molecular weight is 887 g/mol. The van der Waals surface area contributed by atoms with E-state index in [0.29, 0.717) is 46.5 Å². The molecule has 326 valence electrons. The SMILES string of the molecule is CN(CCCCn1c(=O)oc2cc(CNC[C@H](O[Si](C)(C)C(C)(C)C)c3ccc(O)c4[nH]c(=O)ccc34)ccc21)[C@H]1CC[C@H](OC(C(=O)O)(c2cccs2)c2cccs2)CC1. The van der Waals surface area contributed by atoms with Crippen molar-refractivity contribution in [1.29, 1.82) is 0 Å². The van der Waals surface area contributed by atoms with Gasteiger partial charge in [-0.25, -0.2) is 9.59 Å². The van der Waals surface area contributed by atoms with E-state index in [1.54, 1.807) is 16.7 Å². The number of nitrogens with one attached hydrogen (secondary N) is 2. The van der Waals surface area contributed by atoms with E-state index in [1.165, 1.54) is 28.7 Å². The van der Waals surface area contributed by atoms with Crippen molar-refractivity contribution in [2.75, 3.05) is 20.1 Å². The fraction of sp³-hybridized carbons (Fsp3) is 0.457. The number of H-pyrrole nitrogens is 1. The van der Waals surface area contributed by atoms with E-state index in [0.717, 1.165) is 67.1 Å². The molecule has 1 atom stereocenters. The number of oxazole rings is 1. The van der Waals surface area contributed by atoms with Gasteiger partial charge in [0.25, 0.3) is 0 Å². The van der Waals surface area contributed by atoms with Gasteiger partial charge in [0.2, 0.25) is 11.2 Å². The van der Waals surface area contributed by atoms with Crippen molar-refractivity contribution < 1.29 is 28.6 Å². The van der Waals surface area contributed by atoms with Crippen LogP contribution in [-0.4, -0.2) is 71.2 Å². The van der Waals surface area contributed by atoms with Crippen LogP contribution in [0.2, 0.25) is 18.1 Å². The van der Waals surface area contributed by atoms with Crippen molar-refractivity contribution in [1.82, 2.24) is 19.8 Å². The summed E-state index contributed by atoms with van der Waals surface area (Å²) >= 11 is 2.83. The summed E-state index contributed by atoms with van der Waals surface area (Å²) in [5, 5.41) is 29.1. The molecule has 0 radical (unpaired) electrons. The third kappa shape index (κ3) is 9.68. The average Bonchev–Trinajstić information content (AvgIpc) is 4.01. The number of carboxylic acid groups (broad SMARTS) is 1. The number of aryl methyl sites for hydroxylation is 1. The van der Waals surface area contributed by atoms with E-state index in [1.807, 2.05) is 59.3 Å². The number of fused-ring (bicyclic) bond motifs is 2. The lowest BCUT2D eigenvalue weighted by Gasteiger charge is -2.39. The first kappa shape index (κ1) is 44.7. The maximum Gasteiger partial charge on any atom is 0.419 e. The maximum absolute atomic E-state index is 13.0. The molecule has 0 amide bonds. The molecule has 1 aliphatic carbocycles. The Balaban J connectivity index is 0.924. The first-order chi connectivity index (χ1) is 29.1. The summed E-state index contributed by atoms with van der Waals surface area (Å²) < 4.78 is 21.0. The molecule has 0 spiro atoms. The van der Waals surface area contributed by atoms with Crippen LogP contribution < -0.4 is 16.6 Å². The minimum absolute atomic E-state index is 0.0115. The summed E-state index contributed by atoms with van der Waals surface area (Å²) in [6.45, 7) is 13.4. The number of rotatable bonds is 18. The van der Waals surface area contributed by atoms with E-state index in [4.69, 9.17) is 13.6 Å². The van der Waals surface area contributed by atoms with Crippen LogP contribution in [0.5, 0.6) is 5.75 Å². The number of benzene rings is 2. The Morgan fingerprint density at radius 1 is 1.00 bits per heavy atom. The zero-order valence-corrected chi connectivity index (χ0v) is 38.5. The van der Waals surface area contributed by atoms with Gasteiger partial charge in [-0.05, 0) is 129 Å². The lowest BCUT2D eigenvalue weighted by Crippen LogP contribution is -2.44. The first-order valence-electron chi connectivity index (χ1n) is 21.1. The lowest BCUT2D eigenvalue weighted by atomic mass is 9.90. The van der Waals surface area contributed by atoms with Crippen LogP contribution in [0, 0.1) is 0 Å². The lowest BCUT2D eigenvalue weighted by molar-refractivity contribution is -0.170. The molecule has 6 aromatic rings. The normalized spacial score (nSPS) is 17.1. The van der Waals surface area contributed by atoms with Crippen LogP contribution in [0.4, 0.5) is 0 Å². The molecule has 12 nitrogen and oxygen atoms in total. The fourth-order valence-electron chi connectivity index (χ4n) is 8.19. The summed E-state index contributed by atoms with van der Waals surface area (Å²) in [7, 11) is -0.0914. The summed E-state index contributed by atoms with van der Waals surface area (Å²) in [4.78, 5) is 44.6. The van der Waals surface area contributed by atoms with Gasteiger partial charge in [0.1, 0.15) is 5.75 Å². The highest BCUT2D eigenvalue weighted by Crippen LogP contribution is 2.43. The summed E-state index contributed by atoms with van der Waals surface area (Å²) in [5.41, 5.74) is 1.79. The topological polar surface area (TPSA) is 159 Å². The molecule has 15 heteroatoms. The number of aliphatic carboxylic acids is 1. The quantitative estimate of drug-likeness (QED) is 0.0484. The number of phenols is 1. The zero-order chi connectivity index (χ0) is 43.5. The van der Waals surface area contributed by atoms with E-state index < -0.39 is 19.9 Å². The molecule has 7 rings (SSSR count). The molecule has 1 saturated carbocycles. The maximum atomic E-state index is 13.0. The molecule has 0 bridgehead atoms. The first-order valence-corrected chi connectivity index (χ1v) is 25.8. The molecule has 4 aromatic heterocycles. The number of unbranched alkanes of at least 4 members (excludes halogenated alkanes) is 1. The smallest absolute Gasteiger partial charge is 0.419 e. The van der Waals surface area contributed by atoms with Crippen LogP contribution >= 0.6 is 22.7 Å². The predicted molar refractivity (Wildman–Crippen MR) is 245 cm³/mol. The number of hydrogen-bond donors (Lipinski definition) is 4. The van der Waals surface area contributed by atoms with Crippen molar-refractivity contribution in [2.24, 2.45) is 0 Å². The third-order valence-corrected chi connectivity index (χ3v) is 19.1. The van der Waals surface area contributed by atoms with Crippen molar-refractivity contribution in [3.8, 4) is 5.75 Å². The third-order valence-electron chi connectivity index (χ3n) is 12.7. The van der Waals surface area contributed by atoms with Gasteiger partial charge in [0.05, 0.1) is 33.0 Å². The molecule has 0 aliphatic heterocycles. The highest BCUT2D eigenvalue weighted by Gasteiger charge is 2.48. The van der Waals surface area contributed by atoms with Gasteiger partial charge in [0.15, 0.2) is 13.9 Å². The van der Waals surface area contributed by atoms with E-state index in [2.05, 4.69) is 56.1 Å². The molecule has 2 aromatic carbocycles. The number of carbonyl (C=O) groups is 1. The second-order valence-corrected chi connectivity index (χ2v) is 24.4. The number of carboxylic acids is 1. The molecule has 4 N–H and O–H groups in total. The largest absolute Gasteiger partial charge is 0.506 e. The molecule has 61 heavy (non-hydrogen) atoms. The van der Waals surface area contributed by atoms with Gasteiger partial charge >= 0.3 is 11.7 Å². The van der Waals surface area contributed by atoms with Crippen molar-refractivity contribution >= 4 is 59.0 Å². The van der Waals surface area contributed by atoms with Crippen LogP contribution in [0.25, 0.3) is 22.0 Å². The number of aromatic nitrogens is 2. The van der Waals surface area contributed by atoms with E-state index in [-0.39, 0.29) is 34.3 Å². The second-order valence-electron chi connectivity index (χ2n) is 17.8. The Bertz CT molecular complexity index is 2500. The van der Waals surface area contributed by atoms with Crippen LogP contribution in [0.1, 0.15) is 86.3 Å². The Labute approximate surface area is 365 Å². The summed E-state index contributed by atoms with van der Waals surface area (Å²) in [5.74, 6) is -1.33. The molecule has 0 unspecified atom stereocenters. The van der Waals surface area contributed by atoms with Gasteiger partial charge in [-0.15, -0.1) is 22.7 Å². The van der Waals surface area contributed by atoms with Crippen molar-refractivity contribution in [2.45, 2.75) is 114 Å². The Morgan fingerprint density at radius 2 is 1.70 bits per heavy atom. The highest BCUT2D eigenvalue weighted by molar-refractivity contribution is 7.12. The van der Waals surface area contributed by atoms with Gasteiger partial charge in [0, 0.05) is 37.1 Å². The number of aromatic hydroxyl groups is 1. The molecule has 1 fully saturated rings. The molecule has 4 heterocycles. The Hall–Kier alpha value is -4.35. The number of thiophene rings is 2. The fourth-order valence-corrected chi connectivity index (χ4v) is 11.3. The molecule has 1 aliphatic rings. The second kappa shape index (κ2) is 18.6. The van der Waals surface area contributed by atoms with Crippen LogP contribution in [-0.2, 0) is 32.6 Å². The number of nitrogens with zero attached hydrogens (tertiary/aromatic N) is 2.